The lowest BCUT2D eigenvalue weighted by Gasteiger charge is -2.42. The fourth-order valence-corrected chi connectivity index (χ4v) is 3.13. The second-order valence-corrected chi connectivity index (χ2v) is 5.36. The van der Waals surface area contributed by atoms with Crippen molar-refractivity contribution in [3.63, 3.8) is 0 Å². The number of benzene rings is 1. The Morgan fingerprint density at radius 2 is 1.94 bits per heavy atom. The molecule has 1 aromatic rings. The van der Waals surface area contributed by atoms with Crippen LogP contribution < -0.4 is 0 Å². The Morgan fingerprint density at radius 1 is 1.28 bits per heavy atom. The van der Waals surface area contributed by atoms with Crippen LogP contribution in [0.15, 0.2) is 54.8 Å². The molecule has 0 saturated heterocycles. The van der Waals surface area contributed by atoms with Gasteiger partial charge in [0.1, 0.15) is 0 Å². The first kappa shape index (κ1) is 12.9. The SMILES string of the molecule is C=CCC1C(c2ccccc2)C(C)=CN(C)C1C. The number of hydrogen-bond donors (Lipinski definition) is 0. The molecule has 1 aliphatic rings. The van der Waals surface area contributed by atoms with E-state index >= 15 is 0 Å². The summed E-state index contributed by atoms with van der Waals surface area (Å²) in [5.74, 6) is 1.13. The average Bonchev–Trinajstić information content (AvgIpc) is 2.37. The molecule has 1 heteroatoms. The summed E-state index contributed by atoms with van der Waals surface area (Å²) < 4.78 is 0. The third kappa shape index (κ3) is 2.35. The van der Waals surface area contributed by atoms with Gasteiger partial charge < -0.3 is 4.90 Å². The zero-order valence-electron chi connectivity index (χ0n) is 11.6. The smallest absolute Gasteiger partial charge is 0.0293 e. The van der Waals surface area contributed by atoms with Gasteiger partial charge in [0.25, 0.3) is 0 Å². The van der Waals surface area contributed by atoms with E-state index in [1.807, 2.05) is 0 Å². The van der Waals surface area contributed by atoms with E-state index in [1.54, 1.807) is 0 Å². The molecule has 0 aliphatic carbocycles. The minimum Gasteiger partial charge on any atom is -0.377 e. The van der Waals surface area contributed by atoms with Gasteiger partial charge in [-0.05, 0) is 43.5 Å². The van der Waals surface area contributed by atoms with Crippen molar-refractivity contribution in [3.05, 3.63) is 60.3 Å². The number of hydrogen-bond acceptors (Lipinski definition) is 1. The summed E-state index contributed by atoms with van der Waals surface area (Å²) in [5, 5.41) is 0. The summed E-state index contributed by atoms with van der Waals surface area (Å²) in [6, 6.07) is 11.4. The van der Waals surface area contributed by atoms with E-state index in [2.05, 4.69) is 75.0 Å². The minimum absolute atomic E-state index is 0.524. The molecule has 1 aromatic carbocycles. The molecule has 3 unspecified atom stereocenters. The molecular weight excluding hydrogens is 218 g/mol. The second kappa shape index (κ2) is 5.43. The topological polar surface area (TPSA) is 3.24 Å². The normalized spacial score (nSPS) is 27.8. The summed E-state index contributed by atoms with van der Waals surface area (Å²) in [4.78, 5) is 2.34. The highest BCUT2D eigenvalue weighted by molar-refractivity contribution is 5.31. The standard InChI is InChI=1S/C17H23N/c1-5-9-16-14(3)18(4)12-13(2)17(16)15-10-7-6-8-11-15/h5-8,10-12,14,16-17H,1,9H2,2-4H3. The molecule has 1 nitrogen and oxygen atoms in total. The van der Waals surface area contributed by atoms with E-state index in [0.29, 0.717) is 17.9 Å². The third-order valence-corrected chi connectivity index (χ3v) is 4.19. The summed E-state index contributed by atoms with van der Waals surface area (Å²) in [7, 11) is 2.17. The van der Waals surface area contributed by atoms with E-state index in [9.17, 15) is 0 Å². The van der Waals surface area contributed by atoms with Crippen LogP contribution in [0, 0.1) is 5.92 Å². The summed E-state index contributed by atoms with van der Waals surface area (Å²) in [5.41, 5.74) is 2.88. The van der Waals surface area contributed by atoms with Gasteiger partial charge in [-0.3, -0.25) is 0 Å². The van der Waals surface area contributed by atoms with Crippen LogP contribution in [0.2, 0.25) is 0 Å². The first-order valence-electron chi connectivity index (χ1n) is 6.71. The summed E-state index contributed by atoms with van der Waals surface area (Å²) >= 11 is 0. The van der Waals surface area contributed by atoms with Crippen LogP contribution in [-0.4, -0.2) is 18.0 Å². The Balaban J connectivity index is 2.40. The van der Waals surface area contributed by atoms with Gasteiger partial charge in [0.05, 0.1) is 0 Å². The van der Waals surface area contributed by atoms with Gasteiger partial charge in [-0.15, -0.1) is 6.58 Å². The van der Waals surface area contributed by atoms with Crippen LogP contribution in [-0.2, 0) is 0 Å². The molecule has 96 valence electrons. The van der Waals surface area contributed by atoms with Gasteiger partial charge in [-0.2, -0.15) is 0 Å². The molecule has 3 atom stereocenters. The quantitative estimate of drug-likeness (QED) is 0.717. The Hall–Kier alpha value is -1.50. The molecule has 0 amide bonds. The molecule has 0 fully saturated rings. The maximum absolute atomic E-state index is 3.93. The van der Waals surface area contributed by atoms with Crippen LogP contribution >= 0.6 is 0 Å². The Labute approximate surface area is 111 Å². The van der Waals surface area contributed by atoms with Crippen molar-refractivity contribution < 1.29 is 0 Å². The van der Waals surface area contributed by atoms with Gasteiger partial charge in [-0.25, -0.2) is 0 Å². The Kier molecular flexibility index (Phi) is 3.90. The van der Waals surface area contributed by atoms with E-state index < -0.39 is 0 Å². The molecule has 2 rings (SSSR count). The lowest BCUT2D eigenvalue weighted by atomic mass is 9.74. The van der Waals surface area contributed by atoms with Crippen LogP contribution in [0.25, 0.3) is 0 Å². The highest BCUT2D eigenvalue weighted by atomic mass is 15.1. The molecule has 0 saturated carbocycles. The molecule has 1 aliphatic heterocycles. The van der Waals surface area contributed by atoms with Crippen LogP contribution in [0.5, 0.6) is 0 Å². The van der Waals surface area contributed by atoms with E-state index in [1.165, 1.54) is 11.1 Å². The zero-order chi connectivity index (χ0) is 13.1. The summed E-state index contributed by atoms with van der Waals surface area (Å²) in [6.45, 7) is 8.49. The van der Waals surface area contributed by atoms with Crippen LogP contribution in [0.3, 0.4) is 0 Å². The van der Waals surface area contributed by atoms with Gasteiger partial charge in [0.15, 0.2) is 0 Å². The number of rotatable bonds is 3. The zero-order valence-corrected chi connectivity index (χ0v) is 11.6. The molecule has 0 spiro atoms. The van der Waals surface area contributed by atoms with E-state index in [4.69, 9.17) is 0 Å². The van der Waals surface area contributed by atoms with Crippen molar-refractivity contribution in [1.82, 2.24) is 4.90 Å². The van der Waals surface area contributed by atoms with Crippen LogP contribution in [0.4, 0.5) is 0 Å². The predicted molar refractivity (Wildman–Crippen MR) is 78.5 cm³/mol. The molecular formula is C17H23N. The van der Waals surface area contributed by atoms with Crippen molar-refractivity contribution >= 4 is 0 Å². The Morgan fingerprint density at radius 3 is 2.56 bits per heavy atom. The monoisotopic (exact) mass is 241 g/mol. The first-order valence-corrected chi connectivity index (χ1v) is 6.71. The molecule has 1 heterocycles. The minimum atomic E-state index is 0.524. The molecule has 0 aromatic heterocycles. The highest BCUT2D eigenvalue weighted by Crippen LogP contribution is 2.40. The van der Waals surface area contributed by atoms with Gasteiger partial charge in [0.2, 0.25) is 0 Å². The molecule has 0 N–H and O–H groups in total. The molecule has 0 radical (unpaired) electrons. The fourth-order valence-electron chi connectivity index (χ4n) is 3.13. The van der Waals surface area contributed by atoms with E-state index in [0.717, 1.165) is 6.42 Å². The molecule has 18 heavy (non-hydrogen) atoms. The second-order valence-electron chi connectivity index (χ2n) is 5.36. The average molecular weight is 241 g/mol. The first-order chi connectivity index (χ1) is 8.65. The van der Waals surface area contributed by atoms with Crippen molar-refractivity contribution in [3.8, 4) is 0 Å². The van der Waals surface area contributed by atoms with Crippen molar-refractivity contribution in [2.45, 2.75) is 32.2 Å². The van der Waals surface area contributed by atoms with E-state index in [-0.39, 0.29) is 0 Å². The lowest BCUT2D eigenvalue weighted by molar-refractivity contribution is 0.209. The predicted octanol–water partition coefficient (Wildman–Crippen LogP) is 4.20. The molecule has 0 bridgehead atoms. The van der Waals surface area contributed by atoms with Gasteiger partial charge in [-0.1, -0.05) is 36.4 Å². The van der Waals surface area contributed by atoms with Crippen molar-refractivity contribution in [2.75, 3.05) is 7.05 Å². The van der Waals surface area contributed by atoms with Crippen molar-refractivity contribution in [1.29, 1.82) is 0 Å². The van der Waals surface area contributed by atoms with Crippen LogP contribution in [0.1, 0.15) is 31.7 Å². The largest absolute Gasteiger partial charge is 0.377 e. The summed E-state index contributed by atoms with van der Waals surface area (Å²) in [6.07, 6.45) is 5.42. The van der Waals surface area contributed by atoms with Gasteiger partial charge in [0, 0.05) is 19.0 Å². The Bertz CT molecular complexity index is 432. The number of nitrogens with zero attached hydrogens (tertiary/aromatic N) is 1. The fraction of sp³-hybridized carbons (Fsp3) is 0.412. The lowest BCUT2D eigenvalue weighted by Crippen LogP contribution is -2.39. The maximum atomic E-state index is 3.93. The third-order valence-electron chi connectivity index (χ3n) is 4.19. The van der Waals surface area contributed by atoms with Gasteiger partial charge >= 0.3 is 0 Å². The highest BCUT2D eigenvalue weighted by Gasteiger charge is 2.33. The maximum Gasteiger partial charge on any atom is 0.0293 e. The van der Waals surface area contributed by atoms with Crippen molar-refractivity contribution in [2.24, 2.45) is 5.92 Å². The number of allylic oxidation sites excluding steroid dienone is 2.